The summed E-state index contributed by atoms with van der Waals surface area (Å²) >= 11 is 0. The van der Waals surface area contributed by atoms with Gasteiger partial charge in [0.15, 0.2) is 0 Å². The number of nitrogens with two attached hydrogens (primary N) is 1. The Kier molecular flexibility index (Phi) is 5.05. The maximum atomic E-state index is 7.15. The van der Waals surface area contributed by atoms with Crippen LogP contribution >= 0.6 is 0 Å². The molecule has 1 fully saturated rings. The fourth-order valence-electron chi connectivity index (χ4n) is 2.00. The number of hydrogen-bond acceptors (Lipinski definition) is 3. The highest BCUT2D eigenvalue weighted by Crippen LogP contribution is 2.06. The van der Waals surface area contributed by atoms with Crippen LogP contribution in [-0.4, -0.2) is 54.4 Å². The second kappa shape index (κ2) is 6.08. The molecule has 0 amide bonds. The predicted molar refractivity (Wildman–Crippen MR) is 64.3 cm³/mol. The minimum absolute atomic E-state index is 0.316. The van der Waals surface area contributed by atoms with Crippen LogP contribution in [0.1, 0.15) is 26.7 Å². The first-order valence-electron chi connectivity index (χ1n) is 5.89. The fraction of sp³-hybridized carbons (Fsp3) is 0.909. The van der Waals surface area contributed by atoms with Crippen molar-refractivity contribution in [3.05, 3.63) is 0 Å². The largest absolute Gasteiger partial charge is 0.388 e. The molecular formula is C11H24N4. The normalized spacial score (nSPS) is 19.7. The van der Waals surface area contributed by atoms with Gasteiger partial charge in [-0.3, -0.25) is 10.3 Å². The van der Waals surface area contributed by atoms with Crippen molar-refractivity contribution in [2.75, 3.05) is 32.7 Å². The molecule has 0 spiro atoms. The third-order valence-electron chi connectivity index (χ3n) is 3.06. The lowest BCUT2D eigenvalue weighted by Gasteiger charge is -2.36. The van der Waals surface area contributed by atoms with Gasteiger partial charge in [-0.2, -0.15) is 0 Å². The Morgan fingerprint density at radius 3 is 2.33 bits per heavy atom. The highest BCUT2D eigenvalue weighted by Gasteiger charge is 2.17. The van der Waals surface area contributed by atoms with Crippen LogP contribution in [0, 0.1) is 5.41 Å². The van der Waals surface area contributed by atoms with Crippen molar-refractivity contribution in [1.29, 1.82) is 5.41 Å². The van der Waals surface area contributed by atoms with Crippen LogP contribution in [0.3, 0.4) is 0 Å². The monoisotopic (exact) mass is 212 g/mol. The van der Waals surface area contributed by atoms with Crippen molar-refractivity contribution in [2.45, 2.75) is 32.7 Å². The van der Waals surface area contributed by atoms with E-state index >= 15 is 0 Å². The highest BCUT2D eigenvalue weighted by atomic mass is 15.3. The van der Waals surface area contributed by atoms with Crippen LogP contribution in [0.5, 0.6) is 0 Å². The molecule has 1 heterocycles. The summed E-state index contributed by atoms with van der Waals surface area (Å²) in [5.74, 6) is 0.316. The fourth-order valence-corrected chi connectivity index (χ4v) is 2.00. The van der Waals surface area contributed by atoms with Crippen LogP contribution in [0.4, 0.5) is 0 Å². The number of rotatable bonds is 5. The maximum absolute atomic E-state index is 7.15. The van der Waals surface area contributed by atoms with Gasteiger partial charge in [-0.1, -0.05) is 0 Å². The zero-order valence-electron chi connectivity index (χ0n) is 10.00. The van der Waals surface area contributed by atoms with Gasteiger partial charge < -0.3 is 10.6 Å². The van der Waals surface area contributed by atoms with Crippen LogP contribution in [-0.2, 0) is 0 Å². The lowest BCUT2D eigenvalue weighted by atomic mass is 10.2. The van der Waals surface area contributed by atoms with Gasteiger partial charge in [0.25, 0.3) is 0 Å². The zero-order valence-corrected chi connectivity index (χ0v) is 10.00. The van der Waals surface area contributed by atoms with E-state index in [4.69, 9.17) is 11.1 Å². The van der Waals surface area contributed by atoms with Gasteiger partial charge in [0.05, 0.1) is 5.84 Å². The number of amidine groups is 1. The standard InChI is InChI=1S/C11H24N4/c1-10(2)15-8-6-14(7-9-15)5-3-4-11(12)13/h10H,3-9H2,1-2H3,(H3,12,13). The van der Waals surface area contributed by atoms with Gasteiger partial charge in [0.1, 0.15) is 0 Å². The average molecular weight is 212 g/mol. The smallest absolute Gasteiger partial charge is 0.0905 e. The van der Waals surface area contributed by atoms with E-state index < -0.39 is 0 Å². The Hall–Kier alpha value is -0.610. The maximum Gasteiger partial charge on any atom is 0.0905 e. The van der Waals surface area contributed by atoms with Gasteiger partial charge in [-0.25, -0.2) is 0 Å². The molecule has 1 rings (SSSR count). The molecule has 0 aromatic rings. The first-order valence-corrected chi connectivity index (χ1v) is 5.89. The van der Waals surface area contributed by atoms with Crippen molar-refractivity contribution < 1.29 is 0 Å². The predicted octanol–water partition coefficient (Wildman–Crippen LogP) is 0.729. The van der Waals surface area contributed by atoms with Gasteiger partial charge in [-0.15, -0.1) is 0 Å². The van der Waals surface area contributed by atoms with Crippen LogP contribution in [0.15, 0.2) is 0 Å². The summed E-state index contributed by atoms with van der Waals surface area (Å²) in [6.45, 7) is 10.3. The Morgan fingerprint density at radius 2 is 1.87 bits per heavy atom. The number of piperazine rings is 1. The summed E-state index contributed by atoms with van der Waals surface area (Å²) in [6, 6.07) is 0.671. The lowest BCUT2D eigenvalue weighted by molar-refractivity contribution is 0.108. The number of hydrogen-bond donors (Lipinski definition) is 2. The van der Waals surface area contributed by atoms with Crippen molar-refractivity contribution in [1.82, 2.24) is 9.80 Å². The first-order chi connectivity index (χ1) is 7.09. The molecule has 0 atom stereocenters. The van der Waals surface area contributed by atoms with Crippen molar-refractivity contribution in [3.8, 4) is 0 Å². The van der Waals surface area contributed by atoms with Gasteiger partial charge in [-0.05, 0) is 26.8 Å². The van der Waals surface area contributed by atoms with E-state index in [0.29, 0.717) is 11.9 Å². The van der Waals surface area contributed by atoms with Crippen molar-refractivity contribution >= 4 is 5.84 Å². The zero-order chi connectivity index (χ0) is 11.3. The number of nitrogens with one attached hydrogen (secondary N) is 1. The summed E-state index contributed by atoms with van der Waals surface area (Å²) in [7, 11) is 0. The molecule has 4 nitrogen and oxygen atoms in total. The Labute approximate surface area is 92.9 Å². The molecule has 0 aliphatic carbocycles. The molecule has 15 heavy (non-hydrogen) atoms. The third-order valence-corrected chi connectivity index (χ3v) is 3.06. The van der Waals surface area contributed by atoms with Crippen LogP contribution < -0.4 is 5.73 Å². The summed E-state index contributed by atoms with van der Waals surface area (Å²) in [5.41, 5.74) is 5.33. The molecule has 4 heteroatoms. The topological polar surface area (TPSA) is 56.4 Å². The van der Waals surface area contributed by atoms with E-state index in [1.807, 2.05) is 0 Å². The van der Waals surface area contributed by atoms with Crippen LogP contribution in [0.25, 0.3) is 0 Å². The van der Waals surface area contributed by atoms with E-state index in [-0.39, 0.29) is 0 Å². The second-order valence-corrected chi connectivity index (χ2v) is 4.60. The molecule has 1 aliphatic heterocycles. The minimum Gasteiger partial charge on any atom is -0.388 e. The van der Waals surface area contributed by atoms with Crippen molar-refractivity contribution in [2.24, 2.45) is 5.73 Å². The summed E-state index contributed by atoms with van der Waals surface area (Å²) in [6.07, 6.45) is 1.77. The van der Waals surface area contributed by atoms with E-state index in [2.05, 4.69) is 23.6 Å². The Morgan fingerprint density at radius 1 is 1.27 bits per heavy atom. The summed E-state index contributed by atoms with van der Waals surface area (Å²) < 4.78 is 0. The van der Waals surface area contributed by atoms with Crippen LogP contribution in [0.2, 0.25) is 0 Å². The molecule has 0 aromatic heterocycles. The minimum atomic E-state index is 0.316. The lowest BCUT2D eigenvalue weighted by Crippen LogP contribution is -2.48. The summed E-state index contributed by atoms with van der Waals surface area (Å²) in [4.78, 5) is 4.99. The molecule has 1 saturated heterocycles. The molecule has 0 aromatic carbocycles. The molecule has 0 saturated carbocycles. The van der Waals surface area contributed by atoms with Crippen molar-refractivity contribution in [3.63, 3.8) is 0 Å². The Balaban J connectivity index is 2.12. The van der Waals surface area contributed by atoms with E-state index in [0.717, 1.165) is 32.5 Å². The first kappa shape index (κ1) is 12.5. The molecule has 88 valence electrons. The van der Waals surface area contributed by atoms with E-state index in [1.165, 1.54) is 13.1 Å². The molecule has 0 bridgehead atoms. The van der Waals surface area contributed by atoms with E-state index in [1.54, 1.807) is 0 Å². The molecular weight excluding hydrogens is 188 g/mol. The molecule has 3 N–H and O–H groups in total. The average Bonchev–Trinajstić information content (AvgIpc) is 2.18. The van der Waals surface area contributed by atoms with Gasteiger partial charge in [0, 0.05) is 38.6 Å². The molecule has 0 unspecified atom stereocenters. The van der Waals surface area contributed by atoms with E-state index in [9.17, 15) is 0 Å². The highest BCUT2D eigenvalue weighted by molar-refractivity contribution is 5.76. The Bertz CT molecular complexity index is 195. The third kappa shape index (κ3) is 4.62. The summed E-state index contributed by atoms with van der Waals surface area (Å²) in [5, 5.41) is 7.15. The van der Waals surface area contributed by atoms with Gasteiger partial charge in [0.2, 0.25) is 0 Å². The van der Waals surface area contributed by atoms with Gasteiger partial charge >= 0.3 is 0 Å². The SMILES string of the molecule is CC(C)N1CCN(CCCC(=N)N)CC1. The molecule has 1 aliphatic rings. The number of nitrogens with zero attached hydrogens (tertiary/aromatic N) is 2. The second-order valence-electron chi connectivity index (χ2n) is 4.60. The molecule has 0 radical (unpaired) electrons. The quantitative estimate of drug-likeness (QED) is 0.522.